The molecule has 4 heterocycles. The van der Waals surface area contributed by atoms with Gasteiger partial charge in [0.2, 0.25) is 0 Å². The van der Waals surface area contributed by atoms with Crippen LogP contribution < -0.4 is 0 Å². The van der Waals surface area contributed by atoms with Gasteiger partial charge in [0.15, 0.2) is 5.82 Å². The summed E-state index contributed by atoms with van der Waals surface area (Å²) < 4.78 is 0. The molecule has 7 nitrogen and oxygen atoms in total. The minimum absolute atomic E-state index is 0.0703. The number of nitrogens with one attached hydrogen (secondary N) is 1. The lowest BCUT2D eigenvalue weighted by Gasteiger charge is -2.59. The number of likely N-dealkylation sites (tertiary alicyclic amines) is 2. The smallest absolute Gasteiger partial charge is 0.320 e. The van der Waals surface area contributed by atoms with Gasteiger partial charge in [0.1, 0.15) is 5.82 Å². The Labute approximate surface area is 183 Å². The number of pyridine rings is 1. The SMILES string of the molecule is CC(C)(C)c1ccc(C2CN(C(=O)N3CC4(CC(c5n[nH]c(C6CC6)n5)C4)C3)C2)cn1. The Morgan fingerprint density at radius 3 is 2.42 bits per heavy atom. The van der Waals surface area contributed by atoms with E-state index in [4.69, 9.17) is 4.98 Å². The number of carbonyl (C=O) groups excluding carboxylic acids is 1. The summed E-state index contributed by atoms with van der Waals surface area (Å²) in [6, 6.07) is 4.53. The van der Waals surface area contributed by atoms with E-state index in [0.29, 0.717) is 23.2 Å². The fourth-order valence-electron chi connectivity index (χ4n) is 5.47. The van der Waals surface area contributed by atoms with Crippen LogP contribution in [-0.4, -0.2) is 62.2 Å². The maximum Gasteiger partial charge on any atom is 0.320 e. The number of rotatable bonds is 3. The molecule has 2 aromatic rings. The lowest BCUT2D eigenvalue weighted by atomic mass is 9.57. The van der Waals surface area contributed by atoms with Crippen molar-refractivity contribution in [3.63, 3.8) is 0 Å². The number of aromatic amines is 1. The van der Waals surface area contributed by atoms with Gasteiger partial charge in [-0.3, -0.25) is 10.1 Å². The van der Waals surface area contributed by atoms with Gasteiger partial charge >= 0.3 is 6.03 Å². The van der Waals surface area contributed by atoms with E-state index in [1.54, 1.807) is 0 Å². The van der Waals surface area contributed by atoms with Crippen molar-refractivity contribution in [2.24, 2.45) is 5.41 Å². The van der Waals surface area contributed by atoms with Crippen LogP contribution in [0.25, 0.3) is 0 Å². The molecule has 2 saturated heterocycles. The van der Waals surface area contributed by atoms with Crippen LogP contribution in [0.1, 0.15) is 87.1 Å². The molecule has 6 rings (SSSR count). The van der Waals surface area contributed by atoms with Crippen LogP contribution in [0.5, 0.6) is 0 Å². The van der Waals surface area contributed by atoms with Crippen molar-refractivity contribution in [3.8, 4) is 0 Å². The van der Waals surface area contributed by atoms with E-state index in [-0.39, 0.29) is 11.4 Å². The highest BCUT2D eigenvalue weighted by Crippen LogP contribution is 2.56. The Morgan fingerprint density at radius 1 is 1.06 bits per heavy atom. The highest BCUT2D eigenvalue weighted by Gasteiger charge is 2.56. The summed E-state index contributed by atoms with van der Waals surface area (Å²) in [5, 5.41) is 7.58. The molecule has 4 fully saturated rings. The topological polar surface area (TPSA) is 78.0 Å². The first-order valence-corrected chi connectivity index (χ1v) is 11.7. The molecule has 164 valence electrons. The van der Waals surface area contributed by atoms with Crippen molar-refractivity contribution >= 4 is 6.03 Å². The van der Waals surface area contributed by atoms with Crippen molar-refractivity contribution in [1.29, 1.82) is 0 Å². The zero-order valence-electron chi connectivity index (χ0n) is 18.8. The first kappa shape index (κ1) is 19.3. The van der Waals surface area contributed by atoms with Gasteiger partial charge in [-0.2, -0.15) is 5.10 Å². The van der Waals surface area contributed by atoms with Gasteiger partial charge in [0, 0.05) is 66.7 Å². The molecule has 31 heavy (non-hydrogen) atoms. The second-order valence-electron chi connectivity index (χ2n) is 11.4. The standard InChI is InChI=1S/C24H32N6O/c1-23(2,3)19-7-6-16(10-25-19)18-11-29(12-18)22(31)30-13-24(14-30)8-17(9-24)21-26-20(27-28-21)15-4-5-15/h6-7,10,15,17-18H,4-5,8-9,11-14H2,1-3H3,(H,26,27,28). The predicted molar refractivity (Wildman–Crippen MR) is 117 cm³/mol. The quantitative estimate of drug-likeness (QED) is 0.820. The molecule has 2 aliphatic carbocycles. The second kappa shape index (κ2) is 6.53. The maximum absolute atomic E-state index is 12.8. The van der Waals surface area contributed by atoms with Crippen LogP contribution in [0.3, 0.4) is 0 Å². The lowest BCUT2D eigenvalue weighted by Crippen LogP contribution is -2.67. The molecule has 0 radical (unpaired) electrons. The predicted octanol–water partition coefficient (Wildman–Crippen LogP) is 3.77. The van der Waals surface area contributed by atoms with Crippen molar-refractivity contribution in [1.82, 2.24) is 30.0 Å². The Bertz CT molecular complexity index is 982. The molecule has 2 aromatic heterocycles. The van der Waals surface area contributed by atoms with Crippen molar-refractivity contribution in [2.45, 2.75) is 69.6 Å². The summed E-state index contributed by atoms with van der Waals surface area (Å²) in [6.45, 7) is 9.95. The van der Waals surface area contributed by atoms with Gasteiger partial charge in [-0.1, -0.05) is 26.8 Å². The molecule has 2 saturated carbocycles. The van der Waals surface area contributed by atoms with Gasteiger partial charge in [0.25, 0.3) is 0 Å². The number of aromatic nitrogens is 4. The van der Waals surface area contributed by atoms with Crippen LogP contribution in [0.2, 0.25) is 0 Å². The van der Waals surface area contributed by atoms with Crippen LogP contribution in [-0.2, 0) is 5.41 Å². The summed E-state index contributed by atoms with van der Waals surface area (Å²) in [5.41, 5.74) is 2.75. The third-order valence-electron chi connectivity index (χ3n) is 7.71. The summed E-state index contributed by atoms with van der Waals surface area (Å²) in [6.07, 6.45) is 6.73. The third-order valence-corrected chi connectivity index (χ3v) is 7.71. The Hall–Kier alpha value is -2.44. The molecule has 2 aliphatic heterocycles. The highest BCUT2D eigenvalue weighted by molar-refractivity contribution is 5.77. The molecule has 0 unspecified atom stereocenters. The van der Waals surface area contributed by atoms with Gasteiger partial charge in [0.05, 0.1) is 0 Å². The molecular formula is C24H32N6O. The zero-order chi connectivity index (χ0) is 21.4. The molecule has 1 N–H and O–H groups in total. The second-order valence-corrected chi connectivity index (χ2v) is 11.4. The molecule has 0 aromatic carbocycles. The fourth-order valence-corrected chi connectivity index (χ4v) is 5.47. The Morgan fingerprint density at radius 2 is 1.81 bits per heavy atom. The summed E-state index contributed by atoms with van der Waals surface area (Å²) in [4.78, 5) is 26.2. The number of carbonyl (C=O) groups is 1. The summed E-state index contributed by atoms with van der Waals surface area (Å²) in [5.74, 6) is 3.59. The Balaban J connectivity index is 0.973. The van der Waals surface area contributed by atoms with Crippen LogP contribution in [0.4, 0.5) is 4.79 Å². The van der Waals surface area contributed by atoms with E-state index >= 15 is 0 Å². The fraction of sp³-hybridized carbons (Fsp3) is 0.667. The molecule has 2 amide bonds. The number of hydrogen-bond donors (Lipinski definition) is 1. The van der Waals surface area contributed by atoms with E-state index in [2.05, 4.69) is 48.1 Å². The average Bonchev–Trinajstić information content (AvgIpc) is 3.36. The normalized spacial score (nSPS) is 23.5. The molecule has 1 spiro atoms. The van der Waals surface area contributed by atoms with Crippen molar-refractivity contribution < 1.29 is 4.79 Å². The third kappa shape index (κ3) is 3.33. The number of amides is 2. The lowest BCUT2D eigenvalue weighted by molar-refractivity contribution is -0.0601. The maximum atomic E-state index is 12.8. The molecule has 4 aliphatic rings. The Kier molecular flexibility index (Phi) is 4.06. The first-order chi connectivity index (χ1) is 14.8. The summed E-state index contributed by atoms with van der Waals surface area (Å²) >= 11 is 0. The summed E-state index contributed by atoms with van der Waals surface area (Å²) in [7, 11) is 0. The largest absolute Gasteiger partial charge is 0.323 e. The highest BCUT2D eigenvalue weighted by atomic mass is 16.2. The molecule has 0 atom stereocenters. The van der Waals surface area contributed by atoms with E-state index in [1.807, 2.05) is 16.0 Å². The number of hydrogen-bond acceptors (Lipinski definition) is 4. The number of nitrogens with zero attached hydrogens (tertiary/aromatic N) is 5. The van der Waals surface area contributed by atoms with E-state index in [0.717, 1.165) is 56.4 Å². The van der Waals surface area contributed by atoms with Crippen LogP contribution in [0.15, 0.2) is 18.3 Å². The molecular weight excluding hydrogens is 388 g/mol. The van der Waals surface area contributed by atoms with E-state index < -0.39 is 0 Å². The number of urea groups is 1. The molecule has 7 heteroatoms. The van der Waals surface area contributed by atoms with Gasteiger partial charge < -0.3 is 9.80 Å². The minimum atomic E-state index is 0.0703. The first-order valence-electron chi connectivity index (χ1n) is 11.7. The molecule has 0 bridgehead atoms. The zero-order valence-corrected chi connectivity index (χ0v) is 18.8. The minimum Gasteiger partial charge on any atom is -0.323 e. The number of H-pyrrole nitrogens is 1. The van der Waals surface area contributed by atoms with Gasteiger partial charge in [-0.15, -0.1) is 0 Å². The van der Waals surface area contributed by atoms with E-state index in [1.165, 1.54) is 18.4 Å². The van der Waals surface area contributed by atoms with Gasteiger partial charge in [-0.05, 0) is 37.3 Å². The average molecular weight is 421 g/mol. The van der Waals surface area contributed by atoms with Crippen molar-refractivity contribution in [2.75, 3.05) is 26.2 Å². The monoisotopic (exact) mass is 420 g/mol. The van der Waals surface area contributed by atoms with E-state index in [9.17, 15) is 4.79 Å². The van der Waals surface area contributed by atoms with Gasteiger partial charge in [-0.25, -0.2) is 9.78 Å². The van der Waals surface area contributed by atoms with Crippen LogP contribution >= 0.6 is 0 Å². The van der Waals surface area contributed by atoms with Crippen LogP contribution in [0, 0.1) is 5.41 Å². The van der Waals surface area contributed by atoms with Crippen molar-refractivity contribution in [3.05, 3.63) is 41.2 Å².